The van der Waals surface area contributed by atoms with Gasteiger partial charge in [-0.05, 0) is 19.9 Å². The van der Waals surface area contributed by atoms with Gasteiger partial charge in [0.05, 0.1) is 0 Å². The van der Waals surface area contributed by atoms with Crippen molar-refractivity contribution in [3.05, 3.63) is 0 Å². The Hall–Kier alpha value is -0.0800. The van der Waals surface area contributed by atoms with Crippen LogP contribution in [0.15, 0.2) is 0 Å². The Morgan fingerprint density at radius 1 is 1.17 bits per heavy atom. The second-order valence-electron chi connectivity index (χ2n) is 3.31. The number of nitrogens with one attached hydrogen (secondary N) is 2. The van der Waals surface area contributed by atoms with Gasteiger partial charge < -0.3 is 10.6 Å². The molecule has 0 aliphatic carbocycles. The van der Waals surface area contributed by atoms with Gasteiger partial charge in [0.15, 0.2) is 0 Å². The van der Waals surface area contributed by atoms with E-state index in [0.29, 0.717) is 0 Å². The second-order valence-corrected chi connectivity index (χ2v) is 3.31. The first-order valence-electron chi connectivity index (χ1n) is 5.23. The highest BCUT2D eigenvalue weighted by molar-refractivity contribution is 4.64. The van der Waals surface area contributed by atoms with E-state index in [1.165, 1.54) is 25.7 Å². The minimum atomic E-state index is 0.735. The lowest BCUT2D eigenvalue weighted by molar-refractivity contribution is 0.452. The number of hydrogen-bond donors (Lipinski definition) is 2. The van der Waals surface area contributed by atoms with Crippen molar-refractivity contribution in [3.8, 4) is 0 Å². The highest BCUT2D eigenvalue weighted by Gasteiger charge is 2.02. The van der Waals surface area contributed by atoms with E-state index in [-0.39, 0.29) is 0 Å². The molecule has 2 heteroatoms. The molecular weight excluding hydrogens is 148 g/mol. The van der Waals surface area contributed by atoms with E-state index >= 15 is 0 Å². The highest BCUT2D eigenvalue weighted by Crippen LogP contribution is 2.02. The molecule has 12 heavy (non-hydrogen) atoms. The first kappa shape index (κ1) is 11.9. The Kier molecular flexibility index (Phi) is 8.95. The third-order valence-electron chi connectivity index (χ3n) is 2.21. The average molecular weight is 172 g/mol. The standard InChI is InChI=1S/C10H24N2/c1-4-6-7-10(5-2)12-9-8-11-3/h10-12H,4-9H2,1-3H3/t10-/m0/s1. The first-order chi connectivity index (χ1) is 5.85. The molecule has 0 fully saturated rings. The summed E-state index contributed by atoms with van der Waals surface area (Å²) in [7, 11) is 1.99. The van der Waals surface area contributed by atoms with Crippen molar-refractivity contribution in [2.45, 2.75) is 45.6 Å². The third-order valence-corrected chi connectivity index (χ3v) is 2.21. The van der Waals surface area contributed by atoms with Gasteiger partial charge in [0.2, 0.25) is 0 Å². The van der Waals surface area contributed by atoms with E-state index in [1.54, 1.807) is 0 Å². The number of hydrogen-bond acceptors (Lipinski definition) is 2. The minimum Gasteiger partial charge on any atom is -0.318 e. The van der Waals surface area contributed by atoms with Crippen molar-refractivity contribution in [1.82, 2.24) is 10.6 Å². The Morgan fingerprint density at radius 2 is 1.92 bits per heavy atom. The molecule has 0 aromatic carbocycles. The van der Waals surface area contributed by atoms with Crippen LogP contribution in [0.25, 0.3) is 0 Å². The smallest absolute Gasteiger partial charge is 0.00792 e. The first-order valence-corrected chi connectivity index (χ1v) is 5.23. The summed E-state index contributed by atoms with van der Waals surface area (Å²) in [4.78, 5) is 0. The molecule has 2 nitrogen and oxygen atoms in total. The van der Waals surface area contributed by atoms with Gasteiger partial charge in [-0.1, -0.05) is 26.7 Å². The minimum absolute atomic E-state index is 0.735. The van der Waals surface area contributed by atoms with E-state index < -0.39 is 0 Å². The topological polar surface area (TPSA) is 24.1 Å². The van der Waals surface area contributed by atoms with Crippen LogP contribution in [-0.2, 0) is 0 Å². The fourth-order valence-corrected chi connectivity index (χ4v) is 1.30. The summed E-state index contributed by atoms with van der Waals surface area (Å²) in [6.45, 7) is 6.67. The van der Waals surface area contributed by atoms with Crippen LogP contribution in [0.4, 0.5) is 0 Å². The van der Waals surface area contributed by atoms with Gasteiger partial charge in [-0.15, -0.1) is 0 Å². The summed E-state index contributed by atoms with van der Waals surface area (Å²) in [5.74, 6) is 0. The van der Waals surface area contributed by atoms with Crippen LogP contribution in [0.5, 0.6) is 0 Å². The molecule has 1 atom stereocenters. The van der Waals surface area contributed by atoms with Gasteiger partial charge in [0.25, 0.3) is 0 Å². The monoisotopic (exact) mass is 172 g/mol. The maximum atomic E-state index is 3.54. The Morgan fingerprint density at radius 3 is 2.42 bits per heavy atom. The quantitative estimate of drug-likeness (QED) is 0.545. The van der Waals surface area contributed by atoms with Crippen molar-refractivity contribution in [2.24, 2.45) is 0 Å². The van der Waals surface area contributed by atoms with Crippen LogP contribution in [0.2, 0.25) is 0 Å². The molecule has 0 radical (unpaired) electrons. The molecule has 0 bridgehead atoms. The second kappa shape index (κ2) is 9.01. The zero-order valence-electron chi connectivity index (χ0n) is 8.82. The maximum Gasteiger partial charge on any atom is 0.00792 e. The summed E-state index contributed by atoms with van der Waals surface area (Å²) in [6, 6.07) is 0.735. The molecule has 74 valence electrons. The molecule has 0 amide bonds. The van der Waals surface area contributed by atoms with E-state index in [1.807, 2.05) is 7.05 Å². The summed E-state index contributed by atoms with van der Waals surface area (Å²) < 4.78 is 0. The fraction of sp³-hybridized carbons (Fsp3) is 1.00. The molecule has 0 aliphatic rings. The van der Waals surface area contributed by atoms with Gasteiger partial charge in [-0.2, -0.15) is 0 Å². The predicted molar refractivity (Wildman–Crippen MR) is 55.5 cm³/mol. The van der Waals surface area contributed by atoms with Crippen LogP contribution in [-0.4, -0.2) is 26.2 Å². The molecule has 0 aromatic rings. The van der Waals surface area contributed by atoms with Crippen LogP contribution >= 0.6 is 0 Å². The van der Waals surface area contributed by atoms with E-state index in [4.69, 9.17) is 0 Å². The Bertz CT molecular complexity index is 83.9. The Labute approximate surface area is 77.1 Å². The Balaban J connectivity index is 3.26. The van der Waals surface area contributed by atoms with Crippen molar-refractivity contribution in [2.75, 3.05) is 20.1 Å². The molecular formula is C10H24N2. The van der Waals surface area contributed by atoms with E-state index in [0.717, 1.165) is 19.1 Å². The van der Waals surface area contributed by atoms with Gasteiger partial charge >= 0.3 is 0 Å². The number of rotatable bonds is 8. The SMILES string of the molecule is CCCC[C@H](CC)NCCNC. The van der Waals surface area contributed by atoms with Crippen molar-refractivity contribution >= 4 is 0 Å². The van der Waals surface area contributed by atoms with Gasteiger partial charge in [0.1, 0.15) is 0 Å². The van der Waals surface area contributed by atoms with Crippen molar-refractivity contribution < 1.29 is 0 Å². The molecule has 0 saturated heterocycles. The fourth-order valence-electron chi connectivity index (χ4n) is 1.30. The summed E-state index contributed by atoms with van der Waals surface area (Å²) in [6.07, 6.45) is 5.25. The molecule has 0 saturated carbocycles. The number of likely N-dealkylation sites (N-methyl/N-ethyl adjacent to an activating group) is 1. The van der Waals surface area contributed by atoms with Gasteiger partial charge in [-0.3, -0.25) is 0 Å². The lowest BCUT2D eigenvalue weighted by atomic mass is 10.1. The lowest BCUT2D eigenvalue weighted by Crippen LogP contribution is -2.33. The van der Waals surface area contributed by atoms with Gasteiger partial charge in [-0.25, -0.2) is 0 Å². The highest BCUT2D eigenvalue weighted by atomic mass is 14.9. The zero-order chi connectivity index (χ0) is 9.23. The van der Waals surface area contributed by atoms with Crippen molar-refractivity contribution in [1.29, 1.82) is 0 Å². The largest absolute Gasteiger partial charge is 0.318 e. The molecule has 0 spiro atoms. The predicted octanol–water partition coefficient (Wildman–Crippen LogP) is 1.76. The summed E-state index contributed by atoms with van der Waals surface area (Å²) >= 11 is 0. The molecule has 0 heterocycles. The lowest BCUT2D eigenvalue weighted by Gasteiger charge is -2.16. The normalized spacial score (nSPS) is 13.2. The molecule has 0 rings (SSSR count). The zero-order valence-corrected chi connectivity index (χ0v) is 8.82. The average Bonchev–Trinajstić information content (AvgIpc) is 2.11. The van der Waals surface area contributed by atoms with E-state index in [2.05, 4.69) is 24.5 Å². The van der Waals surface area contributed by atoms with Crippen LogP contribution in [0.1, 0.15) is 39.5 Å². The third kappa shape index (κ3) is 6.62. The summed E-state index contributed by atoms with van der Waals surface area (Å²) in [5.41, 5.74) is 0. The van der Waals surface area contributed by atoms with Crippen LogP contribution in [0.3, 0.4) is 0 Å². The molecule has 0 aromatic heterocycles. The van der Waals surface area contributed by atoms with Crippen LogP contribution < -0.4 is 10.6 Å². The van der Waals surface area contributed by atoms with Gasteiger partial charge in [0, 0.05) is 19.1 Å². The number of unbranched alkanes of at least 4 members (excludes halogenated alkanes) is 1. The molecule has 2 N–H and O–H groups in total. The summed E-state index contributed by atoms with van der Waals surface area (Å²) in [5, 5.41) is 6.68. The van der Waals surface area contributed by atoms with Crippen LogP contribution in [0, 0.1) is 0 Å². The molecule has 0 unspecified atom stereocenters. The van der Waals surface area contributed by atoms with Crippen molar-refractivity contribution in [3.63, 3.8) is 0 Å². The van der Waals surface area contributed by atoms with E-state index in [9.17, 15) is 0 Å². The molecule has 0 aliphatic heterocycles. The maximum absolute atomic E-state index is 3.54.